The number of nitrogens with zero attached hydrogens (tertiary/aromatic N) is 1. The number of pyridine rings is 1. The molecule has 0 saturated heterocycles. The van der Waals surface area contributed by atoms with E-state index in [0.29, 0.717) is 0 Å². The van der Waals surface area contributed by atoms with Crippen LogP contribution in [0.25, 0.3) is 0 Å². The number of hydrogen-bond donors (Lipinski definition) is 2. The Kier molecular flexibility index (Phi) is 3.16. The predicted molar refractivity (Wildman–Crippen MR) is 74.5 cm³/mol. The maximum absolute atomic E-state index is 5.73. The molecule has 3 rings (SSSR count). The van der Waals surface area contributed by atoms with E-state index in [2.05, 4.69) is 29.5 Å². The summed E-state index contributed by atoms with van der Waals surface area (Å²) in [4.78, 5) is 7.08. The summed E-state index contributed by atoms with van der Waals surface area (Å²) in [5.41, 5.74) is 6.73. The van der Waals surface area contributed by atoms with Crippen molar-refractivity contribution in [1.82, 2.24) is 10.4 Å². The van der Waals surface area contributed by atoms with Crippen molar-refractivity contribution in [3.8, 4) is 0 Å². The third-order valence-electron chi connectivity index (χ3n) is 3.45. The molecule has 94 valence electrons. The van der Waals surface area contributed by atoms with Crippen molar-refractivity contribution in [2.75, 3.05) is 0 Å². The second-order valence-corrected chi connectivity index (χ2v) is 6.01. The Hall–Kier alpha value is -1.23. The molecule has 1 aliphatic rings. The number of aryl methyl sites for hydroxylation is 3. The summed E-state index contributed by atoms with van der Waals surface area (Å²) in [6.45, 7) is 2.05. The van der Waals surface area contributed by atoms with Crippen LogP contribution in [0.4, 0.5) is 0 Å². The topological polar surface area (TPSA) is 50.9 Å². The van der Waals surface area contributed by atoms with Gasteiger partial charge in [0, 0.05) is 22.1 Å². The van der Waals surface area contributed by atoms with E-state index in [4.69, 9.17) is 5.84 Å². The molecule has 2 aromatic rings. The monoisotopic (exact) mass is 259 g/mol. The number of fused-ring (bicyclic) bond motifs is 1. The van der Waals surface area contributed by atoms with Gasteiger partial charge in [0.05, 0.1) is 6.04 Å². The van der Waals surface area contributed by atoms with E-state index in [1.807, 2.05) is 23.7 Å². The summed E-state index contributed by atoms with van der Waals surface area (Å²) in [5.74, 6) is 5.73. The zero-order valence-corrected chi connectivity index (χ0v) is 11.3. The third-order valence-corrected chi connectivity index (χ3v) is 4.75. The predicted octanol–water partition coefficient (Wildman–Crippen LogP) is 2.49. The molecule has 0 amide bonds. The molecule has 1 atom stereocenters. The minimum Gasteiger partial charge on any atom is -0.271 e. The highest BCUT2D eigenvalue weighted by atomic mass is 32.1. The molecule has 2 heterocycles. The molecule has 0 aliphatic heterocycles. The summed E-state index contributed by atoms with van der Waals surface area (Å²) in [6, 6.07) is 4.51. The fourth-order valence-corrected chi connectivity index (χ4v) is 3.92. The van der Waals surface area contributed by atoms with Crippen molar-refractivity contribution in [1.29, 1.82) is 0 Å². The van der Waals surface area contributed by atoms with Crippen molar-refractivity contribution < 1.29 is 0 Å². The van der Waals surface area contributed by atoms with E-state index in [1.54, 1.807) is 0 Å². The van der Waals surface area contributed by atoms with Crippen molar-refractivity contribution in [3.63, 3.8) is 0 Å². The first kappa shape index (κ1) is 11.8. The first-order chi connectivity index (χ1) is 8.78. The van der Waals surface area contributed by atoms with Crippen LogP contribution in [0.15, 0.2) is 24.5 Å². The molecule has 1 unspecified atom stereocenters. The fraction of sp³-hybridized carbons (Fsp3) is 0.357. The first-order valence-electron chi connectivity index (χ1n) is 6.27. The average Bonchev–Trinajstić information content (AvgIpc) is 2.91. The SMILES string of the molecule is Cc1cncc(C(NN)c2cc3c(s2)CCC3)c1. The van der Waals surface area contributed by atoms with E-state index in [9.17, 15) is 0 Å². The number of aromatic nitrogens is 1. The van der Waals surface area contributed by atoms with Crippen LogP contribution in [-0.4, -0.2) is 4.98 Å². The second-order valence-electron chi connectivity index (χ2n) is 4.85. The highest BCUT2D eigenvalue weighted by molar-refractivity contribution is 7.12. The van der Waals surface area contributed by atoms with Crippen LogP contribution in [-0.2, 0) is 12.8 Å². The summed E-state index contributed by atoms with van der Waals surface area (Å²) >= 11 is 1.89. The van der Waals surface area contributed by atoms with E-state index in [0.717, 1.165) is 11.1 Å². The average molecular weight is 259 g/mol. The van der Waals surface area contributed by atoms with Gasteiger partial charge in [-0.2, -0.15) is 0 Å². The lowest BCUT2D eigenvalue weighted by atomic mass is 10.1. The lowest BCUT2D eigenvalue weighted by molar-refractivity contribution is 0.643. The number of thiophene rings is 1. The Balaban J connectivity index is 1.96. The largest absolute Gasteiger partial charge is 0.271 e. The molecule has 0 bridgehead atoms. The van der Waals surface area contributed by atoms with Crippen molar-refractivity contribution >= 4 is 11.3 Å². The van der Waals surface area contributed by atoms with Gasteiger partial charge in [-0.25, -0.2) is 5.43 Å². The quantitative estimate of drug-likeness (QED) is 0.658. The lowest BCUT2D eigenvalue weighted by Crippen LogP contribution is -2.28. The van der Waals surface area contributed by atoms with Crippen LogP contribution in [0.3, 0.4) is 0 Å². The van der Waals surface area contributed by atoms with Gasteiger partial charge in [0.2, 0.25) is 0 Å². The number of nitrogens with one attached hydrogen (secondary N) is 1. The van der Waals surface area contributed by atoms with Crippen LogP contribution in [0.5, 0.6) is 0 Å². The molecule has 3 nitrogen and oxygen atoms in total. The molecule has 0 saturated carbocycles. The van der Waals surface area contributed by atoms with E-state index < -0.39 is 0 Å². The van der Waals surface area contributed by atoms with Gasteiger partial charge in [0.1, 0.15) is 0 Å². The molecular formula is C14H17N3S. The van der Waals surface area contributed by atoms with Crippen molar-refractivity contribution in [3.05, 3.63) is 51.0 Å². The Bertz CT molecular complexity index is 540. The standard InChI is InChI=1S/C14H17N3S/c1-9-5-11(8-16-7-9)14(17-15)13-6-10-3-2-4-12(10)18-13/h5-8,14,17H,2-4,15H2,1H3. The van der Waals surface area contributed by atoms with Crippen LogP contribution >= 0.6 is 11.3 Å². The van der Waals surface area contributed by atoms with Gasteiger partial charge in [-0.3, -0.25) is 10.8 Å². The Morgan fingerprint density at radius 1 is 1.33 bits per heavy atom. The van der Waals surface area contributed by atoms with E-state index in [-0.39, 0.29) is 6.04 Å². The van der Waals surface area contributed by atoms with Gasteiger partial charge >= 0.3 is 0 Å². The molecular weight excluding hydrogens is 242 g/mol. The number of hydrogen-bond acceptors (Lipinski definition) is 4. The zero-order chi connectivity index (χ0) is 12.5. The molecule has 0 fully saturated rings. The van der Waals surface area contributed by atoms with Crippen molar-refractivity contribution in [2.45, 2.75) is 32.2 Å². The van der Waals surface area contributed by atoms with Crippen LogP contribution in [0.2, 0.25) is 0 Å². The molecule has 18 heavy (non-hydrogen) atoms. The molecule has 0 spiro atoms. The van der Waals surface area contributed by atoms with Gasteiger partial charge < -0.3 is 0 Å². The van der Waals surface area contributed by atoms with Crippen molar-refractivity contribution in [2.24, 2.45) is 5.84 Å². The van der Waals surface area contributed by atoms with Gasteiger partial charge in [0.15, 0.2) is 0 Å². The number of hydrazine groups is 1. The summed E-state index contributed by atoms with van der Waals surface area (Å²) in [5, 5.41) is 0. The van der Waals surface area contributed by atoms with Crippen LogP contribution in [0, 0.1) is 6.92 Å². The Morgan fingerprint density at radius 3 is 2.94 bits per heavy atom. The minimum atomic E-state index is 0.0630. The van der Waals surface area contributed by atoms with Gasteiger partial charge in [-0.1, -0.05) is 6.07 Å². The van der Waals surface area contributed by atoms with Crippen LogP contribution in [0.1, 0.15) is 38.9 Å². The molecule has 2 aromatic heterocycles. The summed E-state index contributed by atoms with van der Waals surface area (Å²) in [7, 11) is 0. The Morgan fingerprint density at radius 2 is 2.22 bits per heavy atom. The highest BCUT2D eigenvalue weighted by Crippen LogP contribution is 2.35. The second kappa shape index (κ2) is 4.80. The first-order valence-corrected chi connectivity index (χ1v) is 7.09. The molecule has 0 aromatic carbocycles. The smallest absolute Gasteiger partial charge is 0.0817 e. The minimum absolute atomic E-state index is 0.0630. The maximum atomic E-state index is 5.73. The summed E-state index contributed by atoms with van der Waals surface area (Å²) < 4.78 is 0. The van der Waals surface area contributed by atoms with Gasteiger partial charge in [-0.05, 0) is 48.9 Å². The normalized spacial score (nSPS) is 15.7. The third kappa shape index (κ3) is 2.07. The van der Waals surface area contributed by atoms with Gasteiger partial charge in [-0.15, -0.1) is 11.3 Å². The highest BCUT2D eigenvalue weighted by Gasteiger charge is 2.20. The number of rotatable bonds is 3. The van der Waals surface area contributed by atoms with E-state index in [1.165, 1.54) is 34.6 Å². The molecule has 3 N–H and O–H groups in total. The lowest BCUT2D eigenvalue weighted by Gasteiger charge is -2.14. The zero-order valence-electron chi connectivity index (χ0n) is 10.4. The van der Waals surface area contributed by atoms with Gasteiger partial charge in [0.25, 0.3) is 0 Å². The maximum Gasteiger partial charge on any atom is 0.0817 e. The molecule has 1 aliphatic carbocycles. The Labute approximate surface area is 111 Å². The van der Waals surface area contributed by atoms with Crippen LogP contribution < -0.4 is 11.3 Å². The number of nitrogens with two attached hydrogens (primary N) is 1. The molecule has 4 heteroatoms. The molecule has 0 radical (unpaired) electrons. The van der Waals surface area contributed by atoms with E-state index >= 15 is 0 Å². The fourth-order valence-electron chi connectivity index (χ4n) is 2.57. The summed E-state index contributed by atoms with van der Waals surface area (Å²) in [6.07, 6.45) is 7.50.